The van der Waals surface area contributed by atoms with Gasteiger partial charge < -0.3 is 28.8 Å². The topological polar surface area (TPSA) is 119 Å². The number of carbonyl (C=O) groups excluding carboxylic acids is 2. The van der Waals surface area contributed by atoms with Crippen LogP contribution < -0.4 is 19.3 Å². The predicted molar refractivity (Wildman–Crippen MR) is 334 cm³/mol. The van der Waals surface area contributed by atoms with Crippen LogP contribution in [-0.4, -0.2) is 79.5 Å². The van der Waals surface area contributed by atoms with Gasteiger partial charge in [-0.25, -0.2) is 4.98 Å². The SMILES string of the molecule is COc1ccc(C2CCC(CN(C(=O)C3CCC(O)CC3)c3cccc(C#Cc4ncn(C)n4)c3)CC2)cc1C.COc1ccc(C2CCC(CN(C(=O)C3CCC(O[Si](C)(C)C(C)(C)C)CC3)c3cccc(I)c3)CC2)cc1C. The highest BCUT2D eigenvalue weighted by molar-refractivity contribution is 14.1. The number of hydrogen-bond donors (Lipinski definition) is 1. The minimum atomic E-state index is -1.79. The third kappa shape index (κ3) is 16.2. The first kappa shape index (κ1) is 61.1. The maximum Gasteiger partial charge on any atom is 0.230 e. The standard InChI is InChI=1S/C34H50INO3Si.C33H40N4O3/c1-24-21-28(17-20-32(24)38-5)26-13-11-25(12-14-26)23-36(30-10-8-9-29(35)22-30)33(37)27-15-18-31(19-16-27)39-40(6,7)34(2,3)4;1-23-19-28(14-17-31(23)40-3)26-10-7-25(8-11-26)21-37(33(39)27-12-15-30(38)16-13-27)29-6-4-5-24(20-29)9-18-32-34-22-36(2)35-32/h8-10,17,20-22,25-27,31H,11-16,18-19,23H2,1-7H3;4-6,14,17,19-20,22,25-27,30,38H,7-8,10-13,15-16,21H2,1-3H3. The fourth-order valence-electron chi connectivity index (χ4n) is 12.5. The molecule has 80 heavy (non-hydrogen) atoms. The molecule has 13 heteroatoms. The van der Waals surface area contributed by atoms with Crippen molar-refractivity contribution in [2.24, 2.45) is 30.7 Å². The van der Waals surface area contributed by atoms with Gasteiger partial charge in [0.25, 0.3) is 0 Å². The Labute approximate surface area is 493 Å². The number of aliphatic hydroxyl groups is 1. The lowest BCUT2D eigenvalue weighted by Crippen LogP contribution is -2.46. The Hall–Kier alpha value is -5.01. The van der Waals surface area contributed by atoms with Crippen molar-refractivity contribution in [3.63, 3.8) is 0 Å². The fourth-order valence-corrected chi connectivity index (χ4v) is 14.5. The van der Waals surface area contributed by atoms with Crippen LogP contribution in [0.15, 0.2) is 91.3 Å². The summed E-state index contributed by atoms with van der Waals surface area (Å²) in [5.41, 5.74) is 7.99. The third-order valence-corrected chi connectivity index (χ3v) is 23.6. The van der Waals surface area contributed by atoms with Gasteiger partial charge in [0.1, 0.15) is 17.8 Å². The lowest BCUT2D eigenvalue weighted by atomic mass is 9.78. The van der Waals surface area contributed by atoms with Gasteiger partial charge in [0.05, 0.1) is 20.3 Å². The molecule has 4 fully saturated rings. The number of benzene rings is 4. The zero-order valence-corrected chi connectivity index (χ0v) is 52.8. The van der Waals surface area contributed by atoms with Gasteiger partial charge in [-0.3, -0.25) is 14.3 Å². The molecular formula is C67H90IN5O6Si. The van der Waals surface area contributed by atoms with E-state index in [2.05, 4.69) is 158 Å². The molecule has 5 aromatic rings. The molecule has 0 radical (unpaired) electrons. The molecule has 9 rings (SSSR count). The minimum Gasteiger partial charge on any atom is -0.496 e. The number of carbonyl (C=O) groups is 2. The summed E-state index contributed by atoms with van der Waals surface area (Å²) in [7, 11) is 3.48. The number of amides is 2. The quantitative estimate of drug-likeness (QED) is 0.0663. The number of halogens is 1. The van der Waals surface area contributed by atoms with Crippen molar-refractivity contribution in [2.45, 2.75) is 180 Å². The van der Waals surface area contributed by atoms with Gasteiger partial charge in [0, 0.05) is 58.6 Å². The van der Waals surface area contributed by atoms with Crippen LogP contribution in [0.2, 0.25) is 18.1 Å². The molecule has 1 N–H and O–H groups in total. The van der Waals surface area contributed by atoms with Crippen LogP contribution in [0.3, 0.4) is 0 Å². The van der Waals surface area contributed by atoms with Gasteiger partial charge in [-0.2, -0.15) is 0 Å². The van der Waals surface area contributed by atoms with Crippen LogP contribution in [0.4, 0.5) is 11.4 Å². The van der Waals surface area contributed by atoms with Crippen molar-refractivity contribution >= 4 is 54.1 Å². The molecule has 4 aliphatic rings. The number of anilines is 2. The molecule has 0 aliphatic heterocycles. The minimum absolute atomic E-state index is 0.0468. The summed E-state index contributed by atoms with van der Waals surface area (Å²) in [5.74, 6) is 11.2. The van der Waals surface area contributed by atoms with Crippen LogP contribution in [0.25, 0.3) is 0 Å². The summed E-state index contributed by atoms with van der Waals surface area (Å²) >= 11 is 2.37. The van der Waals surface area contributed by atoms with Gasteiger partial charge in [-0.05, 0) is 258 Å². The molecule has 0 atom stereocenters. The highest BCUT2D eigenvalue weighted by atomic mass is 127. The smallest absolute Gasteiger partial charge is 0.230 e. The summed E-state index contributed by atoms with van der Waals surface area (Å²) in [4.78, 5) is 36.4. The van der Waals surface area contributed by atoms with Gasteiger partial charge in [-0.15, -0.1) is 5.10 Å². The van der Waals surface area contributed by atoms with Crippen molar-refractivity contribution in [1.82, 2.24) is 14.8 Å². The van der Waals surface area contributed by atoms with E-state index >= 15 is 0 Å². The van der Waals surface area contributed by atoms with E-state index in [4.69, 9.17) is 13.9 Å². The van der Waals surface area contributed by atoms with Crippen molar-refractivity contribution in [1.29, 1.82) is 0 Å². The Kier molecular flexibility index (Phi) is 21.3. The molecule has 0 bridgehead atoms. The number of methoxy groups -OCH3 is 2. The Morgan fingerprint density at radius 1 is 0.662 bits per heavy atom. The number of rotatable bonds is 14. The zero-order chi connectivity index (χ0) is 57.1. The van der Waals surface area contributed by atoms with E-state index in [0.717, 1.165) is 112 Å². The second kappa shape index (κ2) is 27.8. The van der Waals surface area contributed by atoms with Gasteiger partial charge in [0.2, 0.25) is 17.6 Å². The van der Waals surface area contributed by atoms with Crippen molar-refractivity contribution in [3.8, 4) is 23.3 Å². The summed E-state index contributed by atoms with van der Waals surface area (Å²) in [6.07, 6.45) is 17.5. The molecule has 2 amide bonds. The van der Waals surface area contributed by atoms with E-state index < -0.39 is 8.32 Å². The van der Waals surface area contributed by atoms with Crippen LogP contribution in [0.1, 0.15) is 169 Å². The van der Waals surface area contributed by atoms with E-state index in [9.17, 15) is 14.7 Å². The largest absolute Gasteiger partial charge is 0.496 e. The Balaban J connectivity index is 0.000000210. The summed E-state index contributed by atoms with van der Waals surface area (Å²) in [6.45, 7) is 17.4. The predicted octanol–water partition coefficient (Wildman–Crippen LogP) is 14.9. The first-order chi connectivity index (χ1) is 38.3. The molecular weight excluding hydrogens is 1130 g/mol. The van der Waals surface area contributed by atoms with Crippen LogP contribution >= 0.6 is 22.6 Å². The summed E-state index contributed by atoms with van der Waals surface area (Å²) in [6, 6.07) is 29.7. The number of ether oxygens (including phenoxy) is 2. The molecule has 11 nitrogen and oxygen atoms in total. The third-order valence-electron chi connectivity index (χ3n) is 18.4. The van der Waals surface area contributed by atoms with Crippen LogP contribution in [0.5, 0.6) is 11.5 Å². The van der Waals surface area contributed by atoms with Crippen molar-refractivity contribution < 1.29 is 28.6 Å². The average molecular weight is 1220 g/mol. The van der Waals surface area contributed by atoms with E-state index in [1.807, 2.05) is 36.2 Å². The molecule has 1 aromatic heterocycles. The second-order valence-corrected chi connectivity index (χ2v) is 31.2. The first-order valence-electron chi connectivity index (χ1n) is 29.8. The van der Waals surface area contributed by atoms with E-state index in [1.54, 1.807) is 25.2 Å². The van der Waals surface area contributed by atoms with Crippen molar-refractivity contribution in [2.75, 3.05) is 37.1 Å². The monoisotopic (exact) mass is 1220 g/mol. The molecule has 0 saturated heterocycles. The van der Waals surface area contributed by atoms with Gasteiger partial charge >= 0.3 is 0 Å². The van der Waals surface area contributed by atoms with E-state index in [1.165, 1.54) is 38.7 Å². The molecule has 0 unspecified atom stereocenters. The zero-order valence-electron chi connectivity index (χ0n) is 49.6. The second-order valence-electron chi connectivity index (χ2n) is 25.2. The average Bonchev–Trinajstić information content (AvgIpc) is 3.88. The van der Waals surface area contributed by atoms with Gasteiger partial charge in [0.15, 0.2) is 8.32 Å². The van der Waals surface area contributed by atoms with E-state index in [-0.39, 0.29) is 28.9 Å². The molecule has 430 valence electrons. The molecule has 4 aliphatic carbocycles. The first-order valence-corrected chi connectivity index (χ1v) is 33.8. The summed E-state index contributed by atoms with van der Waals surface area (Å²) in [5, 5.41) is 14.5. The van der Waals surface area contributed by atoms with Crippen LogP contribution in [0, 0.1) is 52.9 Å². The highest BCUT2D eigenvalue weighted by Gasteiger charge is 2.41. The Morgan fingerprint density at radius 3 is 1.60 bits per heavy atom. The lowest BCUT2D eigenvalue weighted by Gasteiger charge is -2.41. The number of hydrogen-bond acceptors (Lipinski definition) is 8. The molecule has 4 saturated carbocycles. The Morgan fingerprint density at radius 2 is 1.15 bits per heavy atom. The lowest BCUT2D eigenvalue weighted by molar-refractivity contribution is -0.124. The number of aliphatic hydroxyl groups excluding tert-OH is 1. The van der Waals surface area contributed by atoms with Crippen molar-refractivity contribution in [3.05, 3.63) is 128 Å². The molecule has 0 spiro atoms. The molecule has 1 heterocycles. The van der Waals surface area contributed by atoms with E-state index in [0.29, 0.717) is 60.9 Å². The Bertz CT molecular complexity index is 2910. The maximum atomic E-state index is 14.1. The fraction of sp³-hybridized carbons (Fsp3) is 0.552. The summed E-state index contributed by atoms with van der Waals surface area (Å²) < 4.78 is 20.5. The normalized spacial score (nSPS) is 23.4. The number of nitrogens with zero attached hydrogens (tertiary/aromatic N) is 5. The number of aryl methyl sites for hydroxylation is 3. The highest BCUT2D eigenvalue weighted by Crippen LogP contribution is 2.43. The van der Waals surface area contributed by atoms with Crippen LogP contribution in [-0.2, 0) is 21.1 Å². The number of aromatic nitrogens is 3. The van der Waals surface area contributed by atoms with Gasteiger partial charge in [-0.1, -0.05) is 63.1 Å². The molecule has 4 aromatic carbocycles. The maximum absolute atomic E-state index is 14.1.